The van der Waals surface area contributed by atoms with Crippen LogP contribution >= 0.6 is 0 Å². The minimum Gasteiger partial charge on any atom is -0.493 e. The monoisotopic (exact) mass is 326 g/mol. The van der Waals surface area contributed by atoms with Crippen molar-refractivity contribution in [2.24, 2.45) is 7.05 Å². The minimum absolute atomic E-state index is 0.278. The fourth-order valence-corrected chi connectivity index (χ4v) is 3.19. The number of aromatic nitrogens is 1. The van der Waals surface area contributed by atoms with Gasteiger partial charge in [0.25, 0.3) is 0 Å². The molecule has 4 heteroatoms. The molecule has 3 nitrogen and oxygen atoms in total. The first-order chi connectivity index (χ1) is 11.6. The molecule has 0 bridgehead atoms. The fourth-order valence-electron chi connectivity index (χ4n) is 3.19. The first kappa shape index (κ1) is 16.5. The topological polar surface area (TPSA) is 26.2 Å². The van der Waals surface area contributed by atoms with Crippen molar-refractivity contribution in [3.05, 3.63) is 65.6 Å². The van der Waals surface area contributed by atoms with Gasteiger partial charge < -0.3 is 14.6 Å². The quantitative estimate of drug-likeness (QED) is 0.734. The molecule has 0 spiro atoms. The highest BCUT2D eigenvalue weighted by atomic mass is 19.1. The molecule has 1 atom stereocenters. The smallest absolute Gasteiger partial charge is 0.165 e. The maximum Gasteiger partial charge on any atom is 0.165 e. The number of aryl methyl sites for hydroxylation is 1. The average Bonchev–Trinajstić information content (AvgIpc) is 2.91. The van der Waals surface area contributed by atoms with Gasteiger partial charge in [-0.25, -0.2) is 4.39 Å². The molecule has 1 N–H and O–H groups in total. The van der Waals surface area contributed by atoms with Crippen molar-refractivity contribution >= 4 is 10.9 Å². The average molecular weight is 326 g/mol. The summed E-state index contributed by atoms with van der Waals surface area (Å²) < 4.78 is 21.4. The van der Waals surface area contributed by atoms with Gasteiger partial charge in [0.05, 0.1) is 12.6 Å². The van der Waals surface area contributed by atoms with E-state index in [0.29, 0.717) is 5.75 Å². The van der Waals surface area contributed by atoms with E-state index in [9.17, 15) is 4.39 Å². The molecule has 3 aromatic rings. The van der Waals surface area contributed by atoms with E-state index in [4.69, 9.17) is 4.74 Å². The number of methoxy groups -OCH3 is 1. The summed E-state index contributed by atoms with van der Waals surface area (Å²) >= 11 is 0. The minimum atomic E-state index is -0.317. The molecule has 2 aromatic carbocycles. The molecular formula is C20H23FN2O. The van der Waals surface area contributed by atoms with Gasteiger partial charge in [0.15, 0.2) is 11.6 Å². The normalized spacial score (nSPS) is 12.5. The number of fused-ring (bicyclic) bond motifs is 1. The van der Waals surface area contributed by atoms with Gasteiger partial charge in [-0.3, -0.25) is 0 Å². The van der Waals surface area contributed by atoms with Gasteiger partial charge in [-0.15, -0.1) is 0 Å². The first-order valence-corrected chi connectivity index (χ1v) is 8.20. The summed E-state index contributed by atoms with van der Waals surface area (Å²) in [6, 6.07) is 13.9. The zero-order chi connectivity index (χ0) is 17.1. The molecule has 0 aliphatic rings. The van der Waals surface area contributed by atoms with Crippen LogP contribution in [0.5, 0.6) is 5.75 Å². The van der Waals surface area contributed by atoms with E-state index >= 15 is 0 Å². The number of nitrogens with one attached hydrogen (secondary N) is 1. The van der Waals surface area contributed by atoms with Gasteiger partial charge in [0, 0.05) is 24.7 Å². The van der Waals surface area contributed by atoms with E-state index in [0.717, 1.165) is 29.4 Å². The van der Waals surface area contributed by atoms with Crippen molar-refractivity contribution in [3.8, 4) is 5.75 Å². The summed E-state index contributed by atoms with van der Waals surface area (Å²) in [7, 11) is 3.49. The lowest BCUT2D eigenvalue weighted by molar-refractivity contribution is 0.391. The number of ether oxygens (including phenoxy) is 1. The van der Waals surface area contributed by atoms with Crippen LogP contribution in [-0.2, 0) is 13.5 Å². The Labute approximate surface area is 142 Å². The van der Waals surface area contributed by atoms with Crippen LogP contribution in [0.25, 0.3) is 10.9 Å². The molecule has 126 valence electrons. The van der Waals surface area contributed by atoms with Crippen molar-refractivity contribution in [2.75, 3.05) is 13.7 Å². The van der Waals surface area contributed by atoms with Crippen molar-refractivity contribution in [3.63, 3.8) is 0 Å². The molecule has 0 radical (unpaired) electrons. The molecule has 24 heavy (non-hydrogen) atoms. The molecule has 0 fully saturated rings. The second-order valence-electron chi connectivity index (χ2n) is 6.08. The van der Waals surface area contributed by atoms with Crippen LogP contribution in [0.15, 0.2) is 48.7 Å². The van der Waals surface area contributed by atoms with Crippen LogP contribution in [0.1, 0.15) is 24.1 Å². The Morgan fingerprint density at radius 2 is 1.92 bits per heavy atom. The molecule has 0 aliphatic heterocycles. The Bertz CT molecular complexity index is 827. The Hall–Kier alpha value is -2.33. The van der Waals surface area contributed by atoms with E-state index in [1.54, 1.807) is 6.07 Å². The molecule has 0 amide bonds. The molecule has 1 aromatic heterocycles. The molecule has 0 saturated carbocycles. The largest absolute Gasteiger partial charge is 0.493 e. The molecule has 1 heterocycles. The van der Waals surface area contributed by atoms with E-state index in [1.165, 1.54) is 18.7 Å². The van der Waals surface area contributed by atoms with Gasteiger partial charge in [0.2, 0.25) is 0 Å². The molecule has 0 aliphatic carbocycles. The van der Waals surface area contributed by atoms with Crippen molar-refractivity contribution in [2.45, 2.75) is 19.4 Å². The lowest BCUT2D eigenvalue weighted by Crippen LogP contribution is -2.21. The van der Waals surface area contributed by atoms with Gasteiger partial charge >= 0.3 is 0 Å². The standard InChI is InChI=1S/C20H23FN2O/c1-14(15-7-5-4-6-8-15)22-12-11-16-13-23(2)18-10-9-17(21)20(24-3)19(16)18/h4-10,13-14,22H,11-12H2,1-3H3. The summed E-state index contributed by atoms with van der Waals surface area (Å²) in [4.78, 5) is 0. The van der Waals surface area contributed by atoms with Crippen LogP contribution in [0, 0.1) is 5.82 Å². The second-order valence-corrected chi connectivity index (χ2v) is 6.08. The lowest BCUT2D eigenvalue weighted by atomic mass is 10.1. The Morgan fingerprint density at radius 1 is 1.17 bits per heavy atom. The van der Waals surface area contributed by atoms with Crippen LogP contribution in [0.2, 0.25) is 0 Å². The number of benzene rings is 2. The Morgan fingerprint density at radius 3 is 2.62 bits per heavy atom. The van der Waals surface area contributed by atoms with Crippen LogP contribution in [0.3, 0.4) is 0 Å². The Kier molecular flexibility index (Phi) is 4.86. The summed E-state index contributed by atoms with van der Waals surface area (Å²) in [6.07, 6.45) is 2.87. The maximum absolute atomic E-state index is 14.0. The SMILES string of the molecule is COc1c(F)ccc2c1c(CCNC(C)c1ccccc1)cn2C. The van der Waals surface area contributed by atoms with Gasteiger partial charge in [0.1, 0.15) is 0 Å². The number of nitrogens with zero attached hydrogens (tertiary/aromatic N) is 1. The second kappa shape index (κ2) is 7.05. The summed E-state index contributed by atoms with van der Waals surface area (Å²) in [6.45, 7) is 2.97. The van der Waals surface area contributed by atoms with Crippen LogP contribution in [0.4, 0.5) is 4.39 Å². The van der Waals surface area contributed by atoms with E-state index in [-0.39, 0.29) is 11.9 Å². The maximum atomic E-state index is 14.0. The number of rotatable bonds is 6. The third-order valence-electron chi connectivity index (χ3n) is 4.49. The predicted molar refractivity (Wildman–Crippen MR) is 96.0 cm³/mol. The third-order valence-corrected chi connectivity index (χ3v) is 4.49. The van der Waals surface area contributed by atoms with Gasteiger partial charge in [-0.2, -0.15) is 0 Å². The molecule has 1 unspecified atom stereocenters. The molecule has 0 saturated heterocycles. The fraction of sp³-hybridized carbons (Fsp3) is 0.300. The summed E-state index contributed by atoms with van der Waals surface area (Å²) in [5.41, 5.74) is 3.34. The van der Waals surface area contributed by atoms with Crippen molar-refractivity contribution < 1.29 is 9.13 Å². The van der Waals surface area contributed by atoms with Crippen LogP contribution in [-0.4, -0.2) is 18.2 Å². The number of hydrogen-bond acceptors (Lipinski definition) is 2. The van der Waals surface area contributed by atoms with E-state index < -0.39 is 0 Å². The zero-order valence-corrected chi connectivity index (χ0v) is 14.3. The summed E-state index contributed by atoms with van der Waals surface area (Å²) in [5, 5.41) is 4.40. The predicted octanol–water partition coefficient (Wildman–Crippen LogP) is 4.22. The molecular weight excluding hydrogens is 303 g/mol. The lowest BCUT2D eigenvalue weighted by Gasteiger charge is -2.14. The van der Waals surface area contributed by atoms with Gasteiger partial charge in [-0.05, 0) is 43.1 Å². The summed E-state index contributed by atoms with van der Waals surface area (Å²) in [5.74, 6) is 0.0160. The first-order valence-electron chi connectivity index (χ1n) is 8.20. The highest BCUT2D eigenvalue weighted by Crippen LogP contribution is 2.32. The van der Waals surface area contributed by atoms with Gasteiger partial charge in [-0.1, -0.05) is 30.3 Å². The van der Waals surface area contributed by atoms with E-state index in [2.05, 4.69) is 30.6 Å². The highest BCUT2D eigenvalue weighted by Gasteiger charge is 2.15. The number of halogens is 1. The highest BCUT2D eigenvalue weighted by molar-refractivity contribution is 5.90. The number of hydrogen-bond donors (Lipinski definition) is 1. The molecule has 3 rings (SSSR count). The van der Waals surface area contributed by atoms with E-state index in [1.807, 2.05) is 29.8 Å². The van der Waals surface area contributed by atoms with Crippen LogP contribution < -0.4 is 10.1 Å². The third kappa shape index (κ3) is 3.15. The van der Waals surface area contributed by atoms with Crippen molar-refractivity contribution in [1.29, 1.82) is 0 Å². The van der Waals surface area contributed by atoms with Crippen molar-refractivity contribution in [1.82, 2.24) is 9.88 Å². The zero-order valence-electron chi connectivity index (χ0n) is 14.3. The Balaban J connectivity index is 1.77.